The zero-order valence-electron chi connectivity index (χ0n) is 26.5. The predicted molar refractivity (Wildman–Crippen MR) is 205 cm³/mol. The molecule has 0 amide bonds. The van der Waals surface area contributed by atoms with E-state index in [4.69, 9.17) is 4.42 Å². The fraction of sp³-hybridized carbons (Fsp3) is 0. The van der Waals surface area contributed by atoms with Crippen molar-refractivity contribution in [2.24, 2.45) is 0 Å². The maximum absolute atomic E-state index is 6.16. The number of furan rings is 1. The zero-order valence-corrected chi connectivity index (χ0v) is 26.5. The summed E-state index contributed by atoms with van der Waals surface area (Å²) in [5.74, 6) is 0. The minimum atomic E-state index is 0.907. The Labute approximate surface area is 281 Å². The molecular formula is C46H28N2O. The van der Waals surface area contributed by atoms with Crippen molar-refractivity contribution in [3.05, 3.63) is 170 Å². The van der Waals surface area contributed by atoms with Crippen molar-refractivity contribution < 1.29 is 4.42 Å². The first-order valence-corrected chi connectivity index (χ1v) is 16.8. The van der Waals surface area contributed by atoms with Crippen LogP contribution in [0, 0.1) is 0 Å². The molecule has 228 valence electrons. The van der Waals surface area contributed by atoms with E-state index in [9.17, 15) is 0 Å². The standard InChI is InChI=1S/C46H28N2O/c1-2-11-32(12-3-1)48-43-24-20-31(27-39(43)37-22-18-29-10-4-5-13-34(29)46(37)48)30-19-23-42-38(26-30)35-14-6-8-16-41(35)47(42)33-21-25-45-40(28-33)36-15-7-9-17-44(36)49-45/h1-28H. The van der Waals surface area contributed by atoms with Gasteiger partial charge in [0, 0.05) is 49.1 Å². The predicted octanol–water partition coefficient (Wildman–Crippen LogP) is 12.6. The van der Waals surface area contributed by atoms with E-state index in [1.807, 2.05) is 12.1 Å². The summed E-state index contributed by atoms with van der Waals surface area (Å²) in [6.45, 7) is 0. The van der Waals surface area contributed by atoms with E-state index in [0.717, 1.165) is 27.6 Å². The van der Waals surface area contributed by atoms with Crippen molar-refractivity contribution in [2.45, 2.75) is 0 Å². The number of fused-ring (bicyclic) bond motifs is 11. The van der Waals surface area contributed by atoms with Gasteiger partial charge in [-0.3, -0.25) is 0 Å². The number of nitrogens with zero attached hydrogens (tertiary/aromatic N) is 2. The highest BCUT2D eigenvalue weighted by molar-refractivity contribution is 6.19. The first-order chi connectivity index (χ1) is 24.3. The Kier molecular flexibility index (Phi) is 5.38. The second-order valence-corrected chi connectivity index (χ2v) is 12.9. The highest BCUT2D eigenvalue weighted by Gasteiger charge is 2.18. The number of aromatic nitrogens is 2. The van der Waals surface area contributed by atoms with Crippen molar-refractivity contribution in [3.8, 4) is 22.5 Å². The van der Waals surface area contributed by atoms with Crippen molar-refractivity contribution >= 4 is 76.3 Å². The normalized spacial score (nSPS) is 12.1. The summed E-state index contributed by atoms with van der Waals surface area (Å²) in [4.78, 5) is 0. The first-order valence-electron chi connectivity index (χ1n) is 16.8. The van der Waals surface area contributed by atoms with Gasteiger partial charge < -0.3 is 13.6 Å². The average molecular weight is 625 g/mol. The topological polar surface area (TPSA) is 23.0 Å². The van der Waals surface area contributed by atoms with Gasteiger partial charge in [0.15, 0.2) is 0 Å². The summed E-state index contributed by atoms with van der Waals surface area (Å²) in [5, 5.41) is 9.78. The van der Waals surface area contributed by atoms with Crippen LogP contribution in [0.2, 0.25) is 0 Å². The van der Waals surface area contributed by atoms with E-state index >= 15 is 0 Å². The molecule has 0 bridgehead atoms. The van der Waals surface area contributed by atoms with Crippen LogP contribution in [0.15, 0.2) is 174 Å². The molecule has 0 saturated heterocycles. The monoisotopic (exact) mass is 624 g/mol. The van der Waals surface area contributed by atoms with Crippen LogP contribution in [-0.2, 0) is 0 Å². The molecule has 0 saturated carbocycles. The van der Waals surface area contributed by atoms with Crippen LogP contribution in [-0.4, -0.2) is 9.13 Å². The molecule has 3 aromatic heterocycles. The van der Waals surface area contributed by atoms with Gasteiger partial charge in [-0.2, -0.15) is 0 Å². The molecule has 8 aromatic carbocycles. The van der Waals surface area contributed by atoms with E-state index in [-0.39, 0.29) is 0 Å². The average Bonchev–Trinajstić information content (AvgIpc) is 3.82. The molecule has 0 atom stereocenters. The summed E-state index contributed by atoms with van der Waals surface area (Å²) >= 11 is 0. The van der Waals surface area contributed by atoms with Gasteiger partial charge in [0.1, 0.15) is 11.2 Å². The molecule has 11 rings (SSSR count). The molecular weight excluding hydrogens is 597 g/mol. The molecule has 3 heteroatoms. The highest BCUT2D eigenvalue weighted by Crippen LogP contribution is 2.40. The fourth-order valence-corrected chi connectivity index (χ4v) is 8.09. The Hall–Kier alpha value is -6.58. The maximum Gasteiger partial charge on any atom is 0.135 e. The molecule has 0 aliphatic rings. The molecule has 11 aromatic rings. The number of benzene rings is 8. The van der Waals surface area contributed by atoms with Crippen molar-refractivity contribution in [3.63, 3.8) is 0 Å². The third-order valence-electron chi connectivity index (χ3n) is 10.3. The minimum absolute atomic E-state index is 0.907. The smallest absolute Gasteiger partial charge is 0.135 e. The molecule has 3 heterocycles. The number of hydrogen-bond acceptors (Lipinski definition) is 1. The Morgan fingerprint density at radius 2 is 0.959 bits per heavy atom. The summed E-state index contributed by atoms with van der Waals surface area (Å²) in [6, 6.07) is 61.4. The first kappa shape index (κ1) is 26.5. The van der Waals surface area contributed by atoms with Crippen LogP contribution in [0.4, 0.5) is 0 Å². The van der Waals surface area contributed by atoms with Gasteiger partial charge in [0.25, 0.3) is 0 Å². The molecule has 0 N–H and O–H groups in total. The van der Waals surface area contributed by atoms with E-state index in [1.54, 1.807) is 0 Å². The molecule has 3 nitrogen and oxygen atoms in total. The lowest BCUT2D eigenvalue weighted by Crippen LogP contribution is -1.94. The molecule has 0 spiro atoms. The van der Waals surface area contributed by atoms with Gasteiger partial charge >= 0.3 is 0 Å². The molecule has 0 radical (unpaired) electrons. The lowest BCUT2D eigenvalue weighted by molar-refractivity contribution is 0.669. The molecule has 0 unspecified atom stereocenters. The Morgan fingerprint density at radius 3 is 1.80 bits per heavy atom. The second kappa shape index (κ2) is 9.96. The summed E-state index contributed by atoms with van der Waals surface area (Å²) in [6.07, 6.45) is 0. The van der Waals surface area contributed by atoms with Gasteiger partial charge in [0.05, 0.1) is 22.1 Å². The Bertz CT molecular complexity index is 3100. The van der Waals surface area contributed by atoms with Crippen LogP contribution >= 0.6 is 0 Å². The summed E-state index contributed by atoms with van der Waals surface area (Å²) < 4.78 is 11.0. The lowest BCUT2D eigenvalue weighted by Gasteiger charge is -2.10. The van der Waals surface area contributed by atoms with Crippen LogP contribution in [0.1, 0.15) is 0 Å². The SMILES string of the molecule is c1ccc(-n2c3ccc(-c4ccc5c(c4)c4ccccc4n5-c4ccc5oc6ccccc6c5c4)cc3c3ccc4ccccc4c32)cc1. The van der Waals surface area contributed by atoms with Gasteiger partial charge in [-0.25, -0.2) is 0 Å². The molecule has 0 aliphatic carbocycles. The third-order valence-corrected chi connectivity index (χ3v) is 10.3. The highest BCUT2D eigenvalue weighted by atomic mass is 16.3. The number of hydrogen-bond donors (Lipinski definition) is 0. The maximum atomic E-state index is 6.16. The van der Waals surface area contributed by atoms with Gasteiger partial charge in [0.2, 0.25) is 0 Å². The number of para-hydroxylation sites is 3. The van der Waals surface area contributed by atoms with Crippen LogP contribution in [0.25, 0.3) is 98.8 Å². The largest absolute Gasteiger partial charge is 0.456 e. The van der Waals surface area contributed by atoms with Gasteiger partial charge in [-0.05, 0) is 83.2 Å². The summed E-state index contributed by atoms with van der Waals surface area (Å²) in [5.41, 5.74) is 11.4. The molecule has 49 heavy (non-hydrogen) atoms. The summed E-state index contributed by atoms with van der Waals surface area (Å²) in [7, 11) is 0. The number of rotatable bonds is 3. The Balaban J connectivity index is 1.13. The van der Waals surface area contributed by atoms with Crippen molar-refractivity contribution in [1.82, 2.24) is 9.13 Å². The fourth-order valence-electron chi connectivity index (χ4n) is 8.09. The quantitative estimate of drug-likeness (QED) is 0.192. The van der Waals surface area contributed by atoms with E-state index in [2.05, 4.69) is 167 Å². The van der Waals surface area contributed by atoms with Crippen LogP contribution < -0.4 is 0 Å². The third kappa shape index (κ3) is 3.78. The van der Waals surface area contributed by atoms with Crippen molar-refractivity contribution in [1.29, 1.82) is 0 Å². The van der Waals surface area contributed by atoms with Crippen molar-refractivity contribution in [2.75, 3.05) is 0 Å². The minimum Gasteiger partial charge on any atom is -0.456 e. The Morgan fingerprint density at radius 1 is 0.327 bits per heavy atom. The lowest BCUT2D eigenvalue weighted by atomic mass is 10.00. The second-order valence-electron chi connectivity index (χ2n) is 12.9. The molecule has 0 fully saturated rings. The zero-order chi connectivity index (χ0) is 32.1. The van der Waals surface area contributed by atoms with E-state index < -0.39 is 0 Å². The van der Waals surface area contributed by atoms with Crippen LogP contribution in [0.3, 0.4) is 0 Å². The van der Waals surface area contributed by atoms with E-state index in [1.165, 1.54) is 71.2 Å². The van der Waals surface area contributed by atoms with Gasteiger partial charge in [-0.1, -0.05) is 103 Å². The van der Waals surface area contributed by atoms with Crippen LogP contribution in [0.5, 0.6) is 0 Å². The molecule has 0 aliphatic heterocycles. The van der Waals surface area contributed by atoms with Gasteiger partial charge in [-0.15, -0.1) is 0 Å². The van der Waals surface area contributed by atoms with E-state index in [0.29, 0.717) is 0 Å².